The second-order valence-electron chi connectivity index (χ2n) is 4.43. The zero-order valence-corrected chi connectivity index (χ0v) is 12.6. The van der Waals surface area contributed by atoms with Gasteiger partial charge < -0.3 is 10.1 Å². The van der Waals surface area contributed by atoms with Gasteiger partial charge in [0, 0.05) is 23.3 Å². The van der Waals surface area contributed by atoms with Gasteiger partial charge in [-0.05, 0) is 36.7 Å². The molecule has 0 radical (unpaired) electrons. The average Bonchev–Trinajstić information content (AvgIpc) is 2.46. The molecule has 0 unspecified atom stereocenters. The molecule has 2 aromatic rings. The molecule has 1 N–H and O–H groups in total. The van der Waals surface area contributed by atoms with E-state index in [-0.39, 0.29) is 0 Å². The van der Waals surface area contributed by atoms with Crippen molar-refractivity contribution in [3.05, 3.63) is 47.2 Å². The summed E-state index contributed by atoms with van der Waals surface area (Å²) in [4.78, 5) is 4.20. The second kappa shape index (κ2) is 7.27. The minimum Gasteiger partial charge on any atom is -0.492 e. The Balaban J connectivity index is 2.24. The molecule has 0 aliphatic heterocycles. The molecular weight excluding hydrogens is 272 g/mol. The summed E-state index contributed by atoms with van der Waals surface area (Å²) in [5, 5.41) is 4.04. The molecule has 0 atom stereocenters. The van der Waals surface area contributed by atoms with Crippen LogP contribution in [0.15, 0.2) is 36.7 Å². The minimum atomic E-state index is 0.632. The van der Waals surface area contributed by atoms with Crippen LogP contribution in [0.25, 0.3) is 11.1 Å². The van der Waals surface area contributed by atoms with E-state index in [9.17, 15) is 0 Å². The first-order chi connectivity index (χ1) is 9.74. The van der Waals surface area contributed by atoms with E-state index in [0.29, 0.717) is 6.61 Å². The van der Waals surface area contributed by atoms with E-state index in [2.05, 4.69) is 23.3 Å². The van der Waals surface area contributed by atoms with Crippen LogP contribution in [0.2, 0.25) is 5.02 Å². The molecule has 106 valence electrons. The highest BCUT2D eigenvalue weighted by Gasteiger charge is 2.05. The predicted molar refractivity (Wildman–Crippen MR) is 83.2 cm³/mol. The van der Waals surface area contributed by atoms with Gasteiger partial charge in [-0.1, -0.05) is 30.7 Å². The summed E-state index contributed by atoms with van der Waals surface area (Å²) < 4.78 is 5.47. The zero-order valence-electron chi connectivity index (χ0n) is 11.8. The molecule has 1 heterocycles. The van der Waals surface area contributed by atoms with Gasteiger partial charge >= 0.3 is 0 Å². The standard InChI is InChI=1S/C16H19ClN2O/c1-3-18-9-13-6-5-12(8-16(13)17)14-7-15(20-4-2)11-19-10-14/h5-8,10-11,18H,3-4,9H2,1-2H3. The lowest BCUT2D eigenvalue weighted by Gasteiger charge is -2.09. The highest BCUT2D eigenvalue weighted by molar-refractivity contribution is 6.31. The van der Waals surface area contributed by atoms with Crippen LogP contribution in [0.1, 0.15) is 19.4 Å². The summed E-state index contributed by atoms with van der Waals surface area (Å²) in [6.07, 6.45) is 3.53. The first kappa shape index (κ1) is 14.8. The summed E-state index contributed by atoms with van der Waals surface area (Å²) in [6.45, 7) is 6.38. The molecule has 1 aromatic heterocycles. The van der Waals surface area contributed by atoms with E-state index >= 15 is 0 Å². The van der Waals surface area contributed by atoms with Gasteiger partial charge in [0.15, 0.2) is 0 Å². The van der Waals surface area contributed by atoms with Gasteiger partial charge in [-0.25, -0.2) is 0 Å². The van der Waals surface area contributed by atoms with Crippen molar-refractivity contribution in [1.29, 1.82) is 0 Å². The molecule has 2 rings (SSSR count). The Labute approximate surface area is 124 Å². The number of hydrogen-bond acceptors (Lipinski definition) is 3. The number of nitrogens with zero attached hydrogens (tertiary/aromatic N) is 1. The normalized spacial score (nSPS) is 10.6. The summed E-state index contributed by atoms with van der Waals surface area (Å²) >= 11 is 6.32. The summed E-state index contributed by atoms with van der Waals surface area (Å²) in [5.74, 6) is 0.776. The van der Waals surface area contributed by atoms with Gasteiger partial charge in [0.05, 0.1) is 12.8 Å². The van der Waals surface area contributed by atoms with Gasteiger partial charge in [-0.2, -0.15) is 0 Å². The smallest absolute Gasteiger partial charge is 0.138 e. The van der Waals surface area contributed by atoms with E-state index in [1.807, 2.05) is 31.3 Å². The molecule has 0 spiro atoms. The maximum atomic E-state index is 6.32. The van der Waals surface area contributed by atoms with Gasteiger partial charge in [0.25, 0.3) is 0 Å². The molecule has 0 amide bonds. The third-order valence-corrected chi connectivity index (χ3v) is 3.33. The van der Waals surface area contributed by atoms with Crippen LogP contribution in [0.3, 0.4) is 0 Å². The predicted octanol–water partition coefficient (Wildman–Crippen LogP) is 3.91. The fourth-order valence-corrected chi connectivity index (χ4v) is 2.20. The van der Waals surface area contributed by atoms with E-state index in [4.69, 9.17) is 16.3 Å². The lowest BCUT2D eigenvalue weighted by atomic mass is 10.1. The van der Waals surface area contributed by atoms with Crippen molar-refractivity contribution < 1.29 is 4.74 Å². The van der Waals surface area contributed by atoms with Crippen LogP contribution < -0.4 is 10.1 Å². The summed E-state index contributed by atoms with van der Waals surface area (Å²) in [6, 6.07) is 8.06. The van der Waals surface area contributed by atoms with Gasteiger partial charge in [-0.15, -0.1) is 0 Å². The highest BCUT2D eigenvalue weighted by atomic mass is 35.5. The molecule has 1 aromatic carbocycles. The number of halogens is 1. The number of hydrogen-bond donors (Lipinski definition) is 1. The van der Waals surface area contributed by atoms with Crippen molar-refractivity contribution in [2.45, 2.75) is 20.4 Å². The first-order valence-corrected chi connectivity index (χ1v) is 7.19. The molecule has 0 saturated heterocycles. The topological polar surface area (TPSA) is 34.2 Å². The Bertz CT molecular complexity index is 572. The maximum absolute atomic E-state index is 6.32. The quantitative estimate of drug-likeness (QED) is 0.876. The zero-order chi connectivity index (χ0) is 14.4. The Morgan fingerprint density at radius 3 is 2.70 bits per heavy atom. The number of rotatable bonds is 6. The molecule has 20 heavy (non-hydrogen) atoms. The number of ether oxygens (including phenoxy) is 1. The van der Waals surface area contributed by atoms with Crippen LogP contribution in [0, 0.1) is 0 Å². The van der Waals surface area contributed by atoms with Crippen molar-refractivity contribution in [2.24, 2.45) is 0 Å². The van der Waals surface area contributed by atoms with Crippen molar-refractivity contribution in [2.75, 3.05) is 13.2 Å². The SMILES string of the molecule is CCNCc1ccc(-c2cncc(OCC)c2)cc1Cl. The molecule has 4 heteroatoms. The molecule has 0 saturated carbocycles. The van der Waals surface area contributed by atoms with Crippen LogP contribution in [0.4, 0.5) is 0 Å². The fraction of sp³-hybridized carbons (Fsp3) is 0.312. The molecule has 0 aliphatic carbocycles. The van der Waals surface area contributed by atoms with Crippen LogP contribution in [0.5, 0.6) is 5.75 Å². The second-order valence-corrected chi connectivity index (χ2v) is 4.84. The third-order valence-electron chi connectivity index (χ3n) is 2.98. The Hall–Kier alpha value is -1.58. The summed E-state index contributed by atoms with van der Waals surface area (Å²) in [5.41, 5.74) is 3.16. The van der Waals surface area contributed by atoms with Crippen LogP contribution in [-0.2, 0) is 6.54 Å². The molecule has 3 nitrogen and oxygen atoms in total. The molecular formula is C16H19ClN2O. The van der Waals surface area contributed by atoms with Crippen molar-refractivity contribution in [3.63, 3.8) is 0 Å². The van der Waals surface area contributed by atoms with Crippen LogP contribution >= 0.6 is 11.6 Å². The number of nitrogens with one attached hydrogen (secondary N) is 1. The average molecular weight is 291 g/mol. The Morgan fingerprint density at radius 1 is 1.15 bits per heavy atom. The fourth-order valence-electron chi connectivity index (χ4n) is 1.95. The third kappa shape index (κ3) is 3.71. The van der Waals surface area contributed by atoms with Gasteiger partial charge in [-0.3, -0.25) is 4.98 Å². The molecule has 0 fully saturated rings. The minimum absolute atomic E-state index is 0.632. The molecule has 0 bridgehead atoms. The van der Waals surface area contributed by atoms with Crippen molar-refractivity contribution in [1.82, 2.24) is 10.3 Å². The van der Waals surface area contributed by atoms with Gasteiger partial charge in [0.1, 0.15) is 5.75 Å². The lowest BCUT2D eigenvalue weighted by Crippen LogP contribution is -2.11. The summed E-state index contributed by atoms with van der Waals surface area (Å²) in [7, 11) is 0. The van der Waals surface area contributed by atoms with E-state index in [1.165, 1.54) is 0 Å². The molecule has 0 aliphatic rings. The van der Waals surface area contributed by atoms with E-state index in [0.717, 1.165) is 40.6 Å². The largest absolute Gasteiger partial charge is 0.492 e. The lowest BCUT2D eigenvalue weighted by molar-refractivity contribution is 0.339. The monoisotopic (exact) mass is 290 g/mol. The Morgan fingerprint density at radius 2 is 2.00 bits per heavy atom. The number of pyridine rings is 1. The first-order valence-electron chi connectivity index (χ1n) is 6.82. The van der Waals surface area contributed by atoms with Gasteiger partial charge in [0.2, 0.25) is 0 Å². The van der Waals surface area contributed by atoms with E-state index in [1.54, 1.807) is 6.20 Å². The Kier molecular flexibility index (Phi) is 5.39. The van der Waals surface area contributed by atoms with Crippen LogP contribution in [-0.4, -0.2) is 18.1 Å². The van der Waals surface area contributed by atoms with Crippen molar-refractivity contribution >= 4 is 11.6 Å². The highest BCUT2D eigenvalue weighted by Crippen LogP contribution is 2.27. The maximum Gasteiger partial charge on any atom is 0.138 e. The number of benzene rings is 1. The van der Waals surface area contributed by atoms with Crippen molar-refractivity contribution in [3.8, 4) is 16.9 Å². The number of aromatic nitrogens is 1. The van der Waals surface area contributed by atoms with E-state index < -0.39 is 0 Å².